The smallest absolute Gasteiger partial charge is 0.324 e. The molecule has 2 aliphatic heterocycles. The lowest BCUT2D eigenvalue weighted by Crippen LogP contribution is -2.57. The van der Waals surface area contributed by atoms with E-state index in [2.05, 4.69) is 42.0 Å². The van der Waals surface area contributed by atoms with Crippen molar-refractivity contribution >= 4 is 23.4 Å². The largest absolute Gasteiger partial charge is 0.454 e. The van der Waals surface area contributed by atoms with Crippen molar-refractivity contribution in [2.75, 3.05) is 17.4 Å². The van der Waals surface area contributed by atoms with Crippen molar-refractivity contribution in [2.45, 2.75) is 57.8 Å². The number of amides is 3. The average Bonchev–Trinajstić information content (AvgIpc) is 3.46. The highest BCUT2D eigenvalue weighted by Crippen LogP contribution is 2.35. The van der Waals surface area contributed by atoms with Crippen molar-refractivity contribution in [3.05, 3.63) is 30.0 Å². The van der Waals surface area contributed by atoms with Crippen LogP contribution in [0.3, 0.4) is 0 Å². The normalized spacial score (nSPS) is 24.1. The Balaban J connectivity index is 1.37. The Morgan fingerprint density at radius 2 is 1.97 bits per heavy atom. The summed E-state index contributed by atoms with van der Waals surface area (Å²) in [5.41, 5.74) is 1.15. The Hall–Kier alpha value is -3.27. The van der Waals surface area contributed by atoms with Crippen LogP contribution in [-0.4, -0.2) is 34.6 Å². The lowest BCUT2D eigenvalue weighted by Gasteiger charge is -2.34. The zero-order valence-corrected chi connectivity index (χ0v) is 18.4. The van der Waals surface area contributed by atoms with E-state index in [1.165, 1.54) is 0 Å². The van der Waals surface area contributed by atoms with Gasteiger partial charge in [0, 0.05) is 29.3 Å². The second-order valence-corrected chi connectivity index (χ2v) is 9.48. The fourth-order valence-electron chi connectivity index (χ4n) is 4.40. The van der Waals surface area contributed by atoms with Gasteiger partial charge in [-0.2, -0.15) is 5.10 Å². The zero-order chi connectivity index (χ0) is 22.5. The monoisotopic (exact) mass is 440 g/mol. The maximum Gasteiger partial charge on any atom is 0.324 e. The molecule has 1 saturated carbocycles. The van der Waals surface area contributed by atoms with Crippen LogP contribution in [0.15, 0.2) is 24.3 Å². The first-order valence-corrected chi connectivity index (χ1v) is 10.9. The predicted octanol–water partition coefficient (Wildman–Crippen LogP) is 2.90. The third-order valence-electron chi connectivity index (χ3n) is 6.12. The lowest BCUT2D eigenvalue weighted by atomic mass is 9.92. The lowest BCUT2D eigenvalue weighted by molar-refractivity contribution is -0.130. The third kappa shape index (κ3) is 3.86. The summed E-state index contributed by atoms with van der Waals surface area (Å²) in [5, 5.41) is 16.9. The molecule has 2 aromatic rings. The number of ether oxygens (including phenoxy) is 2. The maximum atomic E-state index is 12.8. The number of fused-ring (bicyclic) bond motifs is 2. The number of rotatable bonds is 3. The molecule has 0 bridgehead atoms. The van der Waals surface area contributed by atoms with E-state index >= 15 is 0 Å². The van der Waals surface area contributed by atoms with Crippen LogP contribution in [0, 0.1) is 5.92 Å². The standard InChI is InChI=1S/C22H28N6O4/c1-22(2,3)17-10-18(25-21(30)23-12-7-8-15-16(9-12)32-11-31-15)28(27-17)20-24-14-6-4-5-13(14)19(29)26-20/h7-10,13-14,20,24H,4-6,11H2,1-3H3,(H,26,29)(H2,23,25,30). The number of anilines is 2. The number of carbonyl (C=O) groups excluding carboxylic acids is 2. The molecule has 3 atom stereocenters. The van der Waals surface area contributed by atoms with Crippen molar-refractivity contribution in [2.24, 2.45) is 5.92 Å². The van der Waals surface area contributed by atoms with Crippen LogP contribution in [0.1, 0.15) is 52.0 Å². The molecule has 1 aromatic carbocycles. The minimum absolute atomic E-state index is 0.00499. The van der Waals surface area contributed by atoms with Crippen LogP contribution in [0.2, 0.25) is 0 Å². The van der Waals surface area contributed by atoms with Crippen molar-refractivity contribution in [3.8, 4) is 11.5 Å². The number of nitrogens with zero attached hydrogens (tertiary/aromatic N) is 2. The van der Waals surface area contributed by atoms with Gasteiger partial charge in [-0.1, -0.05) is 27.2 Å². The van der Waals surface area contributed by atoms with Gasteiger partial charge in [-0.05, 0) is 25.0 Å². The summed E-state index contributed by atoms with van der Waals surface area (Å²) in [7, 11) is 0. The highest BCUT2D eigenvalue weighted by molar-refractivity contribution is 5.99. The van der Waals surface area contributed by atoms with Gasteiger partial charge in [0.15, 0.2) is 17.8 Å². The second-order valence-electron chi connectivity index (χ2n) is 9.48. The Bertz CT molecular complexity index is 1060. The molecule has 3 amide bonds. The summed E-state index contributed by atoms with van der Waals surface area (Å²) in [6, 6.07) is 6.74. The molecular weight excluding hydrogens is 412 g/mol. The highest BCUT2D eigenvalue weighted by Gasteiger charge is 2.40. The summed E-state index contributed by atoms with van der Waals surface area (Å²) in [6.07, 6.45) is 2.34. The fraction of sp³-hybridized carbons (Fsp3) is 0.500. The van der Waals surface area contributed by atoms with E-state index in [4.69, 9.17) is 14.6 Å². The molecule has 3 unspecified atom stereocenters. The molecule has 0 spiro atoms. The molecule has 1 saturated heterocycles. The Morgan fingerprint density at radius 1 is 1.16 bits per heavy atom. The predicted molar refractivity (Wildman–Crippen MR) is 118 cm³/mol. The zero-order valence-electron chi connectivity index (χ0n) is 18.4. The maximum absolute atomic E-state index is 12.8. The van der Waals surface area contributed by atoms with E-state index in [1.807, 2.05) is 6.07 Å². The van der Waals surface area contributed by atoms with Crippen molar-refractivity contribution in [3.63, 3.8) is 0 Å². The van der Waals surface area contributed by atoms with Crippen molar-refractivity contribution in [1.82, 2.24) is 20.4 Å². The SMILES string of the molecule is CC(C)(C)c1cc(NC(=O)Nc2ccc3c(c2)OCO3)n(C2NC(=O)C3CCCC3N2)n1. The molecule has 10 heteroatoms. The van der Waals surface area contributed by atoms with Crippen LogP contribution in [-0.2, 0) is 10.2 Å². The average molecular weight is 441 g/mol. The molecule has 170 valence electrons. The van der Waals surface area contributed by atoms with Gasteiger partial charge in [-0.15, -0.1) is 0 Å². The van der Waals surface area contributed by atoms with Crippen molar-refractivity contribution in [1.29, 1.82) is 0 Å². The van der Waals surface area contributed by atoms with Crippen molar-refractivity contribution < 1.29 is 19.1 Å². The molecule has 3 aliphatic rings. The van der Waals surface area contributed by atoms with Gasteiger partial charge in [0.1, 0.15) is 5.82 Å². The minimum Gasteiger partial charge on any atom is -0.454 e. The number of carbonyl (C=O) groups is 2. The first kappa shape index (κ1) is 20.6. The molecule has 10 nitrogen and oxygen atoms in total. The Kier molecular flexibility index (Phi) is 4.96. The first-order chi connectivity index (χ1) is 15.3. The van der Waals surface area contributed by atoms with E-state index in [-0.39, 0.29) is 30.1 Å². The summed E-state index contributed by atoms with van der Waals surface area (Å²) in [6.45, 7) is 6.32. The highest BCUT2D eigenvalue weighted by atomic mass is 16.7. The molecule has 0 radical (unpaired) electrons. The third-order valence-corrected chi connectivity index (χ3v) is 6.12. The van der Waals surface area contributed by atoms with Crippen LogP contribution in [0.4, 0.5) is 16.3 Å². The Morgan fingerprint density at radius 3 is 2.78 bits per heavy atom. The van der Waals surface area contributed by atoms with E-state index in [0.717, 1.165) is 25.0 Å². The summed E-state index contributed by atoms with van der Waals surface area (Å²) >= 11 is 0. The van der Waals surface area contributed by atoms with Crippen LogP contribution in [0.5, 0.6) is 11.5 Å². The molecule has 1 aliphatic carbocycles. The molecule has 2 fully saturated rings. The number of nitrogens with one attached hydrogen (secondary N) is 4. The van der Waals surface area contributed by atoms with E-state index in [9.17, 15) is 9.59 Å². The quantitative estimate of drug-likeness (QED) is 0.583. The van der Waals surface area contributed by atoms with Crippen LogP contribution >= 0.6 is 0 Å². The van der Waals surface area contributed by atoms with Gasteiger partial charge < -0.3 is 20.1 Å². The number of benzene rings is 1. The molecular formula is C22H28N6O4. The van der Waals surface area contributed by atoms with E-state index in [0.29, 0.717) is 23.0 Å². The summed E-state index contributed by atoms with van der Waals surface area (Å²) in [5.74, 6) is 1.74. The number of urea groups is 1. The molecule has 32 heavy (non-hydrogen) atoms. The van der Waals surface area contributed by atoms with Gasteiger partial charge in [-0.3, -0.25) is 15.4 Å². The molecule has 3 heterocycles. The van der Waals surface area contributed by atoms with Crippen LogP contribution < -0.4 is 30.7 Å². The van der Waals surface area contributed by atoms with Gasteiger partial charge >= 0.3 is 6.03 Å². The summed E-state index contributed by atoms with van der Waals surface area (Å²) in [4.78, 5) is 25.4. The molecule has 4 N–H and O–H groups in total. The van der Waals surface area contributed by atoms with Gasteiger partial charge in [-0.25, -0.2) is 9.48 Å². The van der Waals surface area contributed by atoms with E-state index in [1.54, 1.807) is 22.9 Å². The molecule has 5 rings (SSSR count). The fourth-order valence-corrected chi connectivity index (χ4v) is 4.40. The number of hydrogen-bond donors (Lipinski definition) is 4. The van der Waals surface area contributed by atoms with Gasteiger partial charge in [0.25, 0.3) is 0 Å². The molecule has 1 aromatic heterocycles. The van der Waals surface area contributed by atoms with E-state index < -0.39 is 12.3 Å². The topological polar surface area (TPSA) is 119 Å². The summed E-state index contributed by atoms with van der Waals surface area (Å²) < 4.78 is 12.3. The number of hydrogen-bond acceptors (Lipinski definition) is 6. The van der Waals surface area contributed by atoms with Crippen LogP contribution in [0.25, 0.3) is 0 Å². The Labute approximate surface area is 186 Å². The minimum atomic E-state index is -0.529. The number of aromatic nitrogens is 2. The first-order valence-electron chi connectivity index (χ1n) is 10.9. The second kappa shape index (κ2) is 7.70. The van der Waals surface area contributed by atoms with Gasteiger partial charge in [0.05, 0.1) is 11.6 Å². The van der Waals surface area contributed by atoms with Gasteiger partial charge in [0.2, 0.25) is 12.7 Å².